The van der Waals surface area contributed by atoms with Crippen molar-refractivity contribution in [1.82, 2.24) is 9.97 Å². The molecule has 4 nitrogen and oxygen atoms in total. The maximum absolute atomic E-state index is 5.58. The summed E-state index contributed by atoms with van der Waals surface area (Å²) in [6, 6.07) is 2.06. The maximum Gasteiger partial charge on any atom is 0.224 e. The number of nitrogen functional groups attached to an aromatic ring is 1. The number of aromatic nitrogens is 2. The molecule has 84 valence electrons. The third kappa shape index (κ3) is 3.38. The lowest BCUT2D eigenvalue weighted by Gasteiger charge is -2.22. The molecule has 0 bridgehead atoms. The minimum Gasteiger partial charge on any atom is -0.384 e. The lowest BCUT2D eigenvalue weighted by Crippen LogP contribution is -2.26. The van der Waals surface area contributed by atoms with Crippen LogP contribution in [0.15, 0.2) is 12.3 Å². The molecule has 1 atom stereocenters. The molecule has 3 N–H and O–H groups in total. The molecule has 1 rings (SSSR count). The topological polar surface area (TPSA) is 63.8 Å². The lowest BCUT2D eigenvalue weighted by molar-refractivity contribution is 0.436. The molecule has 0 spiro atoms. The fourth-order valence-corrected chi connectivity index (χ4v) is 1.76. The molecule has 1 aromatic heterocycles. The SMILES string of the molecule is CCC(CC)C(C)Nc1nccc(N)n1. The third-order valence-corrected chi connectivity index (χ3v) is 2.79. The Kier molecular flexibility index (Phi) is 4.34. The molecule has 0 radical (unpaired) electrons. The Morgan fingerprint density at radius 1 is 1.40 bits per heavy atom. The highest BCUT2D eigenvalue weighted by Crippen LogP contribution is 2.16. The normalized spacial score (nSPS) is 12.8. The van der Waals surface area contributed by atoms with E-state index in [0.29, 0.717) is 23.7 Å². The molecule has 0 aliphatic rings. The Labute approximate surface area is 91.3 Å². The monoisotopic (exact) mass is 208 g/mol. The summed E-state index contributed by atoms with van der Waals surface area (Å²) in [5.41, 5.74) is 5.58. The zero-order valence-electron chi connectivity index (χ0n) is 9.70. The molecule has 1 heterocycles. The zero-order chi connectivity index (χ0) is 11.3. The van der Waals surface area contributed by atoms with Crippen LogP contribution in [0.3, 0.4) is 0 Å². The molecule has 4 heteroatoms. The minimum absolute atomic E-state index is 0.377. The van der Waals surface area contributed by atoms with E-state index in [9.17, 15) is 0 Å². The number of nitrogens with one attached hydrogen (secondary N) is 1. The standard InChI is InChI=1S/C11H20N4/c1-4-9(5-2)8(3)14-11-13-7-6-10(12)15-11/h6-9H,4-5H2,1-3H3,(H3,12,13,14,15). The smallest absolute Gasteiger partial charge is 0.224 e. The summed E-state index contributed by atoms with van der Waals surface area (Å²) in [5.74, 6) is 1.77. The first-order valence-corrected chi connectivity index (χ1v) is 5.52. The van der Waals surface area contributed by atoms with Gasteiger partial charge < -0.3 is 11.1 Å². The Balaban J connectivity index is 2.61. The first kappa shape index (κ1) is 11.8. The molecule has 15 heavy (non-hydrogen) atoms. The predicted molar refractivity (Wildman–Crippen MR) is 63.6 cm³/mol. The summed E-state index contributed by atoms with van der Waals surface area (Å²) in [4.78, 5) is 8.25. The van der Waals surface area contributed by atoms with Gasteiger partial charge in [-0.3, -0.25) is 0 Å². The second-order valence-corrected chi connectivity index (χ2v) is 3.81. The lowest BCUT2D eigenvalue weighted by atomic mass is 9.96. The van der Waals surface area contributed by atoms with Crippen LogP contribution in [0.2, 0.25) is 0 Å². The highest BCUT2D eigenvalue weighted by molar-refractivity contribution is 5.35. The molecule has 0 amide bonds. The first-order chi connectivity index (χ1) is 7.17. The minimum atomic E-state index is 0.377. The van der Waals surface area contributed by atoms with E-state index in [2.05, 4.69) is 36.1 Å². The summed E-state index contributed by atoms with van der Waals surface area (Å²) < 4.78 is 0. The van der Waals surface area contributed by atoms with Crippen molar-refractivity contribution in [3.63, 3.8) is 0 Å². The van der Waals surface area contributed by atoms with Crippen LogP contribution in [-0.2, 0) is 0 Å². The summed E-state index contributed by atoms with van der Waals surface area (Å²) in [6.45, 7) is 6.56. The van der Waals surface area contributed by atoms with Crippen LogP contribution in [0.1, 0.15) is 33.6 Å². The molecular formula is C11H20N4. The average Bonchev–Trinajstić information content (AvgIpc) is 2.19. The molecule has 0 aromatic carbocycles. The van der Waals surface area contributed by atoms with Gasteiger partial charge in [-0.05, 0) is 18.9 Å². The van der Waals surface area contributed by atoms with Gasteiger partial charge in [-0.2, -0.15) is 4.98 Å². The summed E-state index contributed by atoms with van der Waals surface area (Å²) in [5, 5.41) is 3.28. The van der Waals surface area contributed by atoms with Gasteiger partial charge in [-0.25, -0.2) is 4.98 Å². The van der Waals surface area contributed by atoms with Crippen molar-refractivity contribution < 1.29 is 0 Å². The second-order valence-electron chi connectivity index (χ2n) is 3.81. The summed E-state index contributed by atoms with van der Waals surface area (Å²) >= 11 is 0. The molecule has 1 unspecified atom stereocenters. The van der Waals surface area contributed by atoms with E-state index in [1.54, 1.807) is 12.3 Å². The van der Waals surface area contributed by atoms with E-state index in [1.165, 1.54) is 0 Å². The molecule has 0 aliphatic carbocycles. The van der Waals surface area contributed by atoms with Gasteiger partial charge in [0.05, 0.1) is 0 Å². The Morgan fingerprint density at radius 3 is 2.60 bits per heavy atom. The molecule has 0 fully saturated rings. The number of rotatable bonds is 5. The van der Waals surface area contributed by atoms with Gasteiger partial charge in [-0.1, -0.05) is 26.7 Å². The van der Waals surface area contributed by atoms with E-state index in [-0.39, 0.29) is 0 Å². The van der Waals surface area contributed by atoms with Gasteiger partial charge in [0.2, 0.25) is 5.95 Å². The number of hydrogen-bond donors (Lipinski definition) is 2. The van der Waals surface area contributed by atoms with E-state index in [4.69, 9.17) is 5.73 Å². The highest BCUT2D eigenvalue weighted by atomic mass is 15.1. The number of anilines is 2. The Bertz CT molecular complexity index is 296. The molecule has 0 saturated carbocycles. The van der Waals surface area contributed by atoms with Gasteiger partial charge in [0.1, 0.15) is 5.82 Å². The Morgan fingerprint density at radius 2 is 2.07 bits per heavy atom. The van der Waals surface area contributed by atoms with Gasteiger partial charge in [0.25, 0.3) is 0 Å². The van der Waals surface area contributed by atoms with E-state index in [1.807, 2.05) is 0 Å². The highest BCUT2D eigenvalue weighted by Gasteiger charge is 2.13. The molecule has 0 aliphatic heterocycles. The summed E-state index contributed by atoms with van der Waals surface area (Å²) in [7, 11) is 0. The van der Waals surface area contributed by atoms with Crippen LogP contribution in [0.5, 0.6) is 0 Å². The van der Waals surface area contributed by atoms with Crippen LogP contribution >= 0.6 is 0 Å². The van der Waals surface area contributed by atoms with Gasteiger partial charge in [0, 0.05) is 12.2 Å². The second kappa shape index (κ2) is 5.53. The fourth-order valence-electron chi connectivity index (χ4n) is 1.76. The van der Waals surface area contributed by atoms with Crippen LogP contribution in [0.25, 0.3) is 0 Å². The molecular weight excluding hydrogens is 188 g/mol. The van der Waals surface area contributed by atoms with Crippen molar-refractivity contribution in [2.75, 3.05) is 11.1 Å². The van der Waals surface area contributed by atoms with Crippen LogP contribution in [0.4, 0.5) is 11.8 Å². The first-order valence-electron chi connectivity index (χ1n) is 5.52. The van der Waals surface area contributed by atoms with E-state index >= 15 is 0 Å². The van der Waals surface area contributed by atoms with Crippen molar-refractivity contribution in [3.05, 3.63) is 12.3 Å². The third-order valence-electron chi connectivity index (χ3n) is 2.79. The Hall–Kier alpha value is -1.32. The number of nitrogens with zero attached hydrogens (tertiary/aromatic N) is 2. The quantitative estimate of drug-likeness (QED) is 0.779. The molecule has 0 saturated heterocycles. The number of hydrogen-bond acceptors (Lipinski definition) is 4. The maximum atomic E-state index is 5.58. The largest absolute Gasteiger partial charge is 0.384 e. The van der Waals surface area contributed by atoms with Crippen LogP contribution < -0.4 is 11.1 Å². The van der Waals surface area contributed by atoms with Crippen LogP contribution in [0, 0.1) is 5.92 Å². The van der Waals surface area contributed by atoms with Gasteiger partial charge in [-0.15, -0.1) is 0 Å². The fraction of sp³-hybridized carbons (Fsp3) is 0.636. The zero-order valence-corrected chi connectivity index (χ0v) is 9.70. The van der Waals surface area contributed by atoms with Crippen molar-refractivity contribution in [3.8, 4) is 0 Å². The van der Waals surface area contributed by atoms with E-state index < -0.39 is 0 Å². The number of nitrogens with two attached hydrogens (primary N) is 1. The van der Waals surface area contributed by atoms with Crippen molar-refractivity contribution in [1.29, 1.82) is 0 Å². The van der Waals surface area contributed by atoms with E-state index in [0.717, 1.165) is 12.8 Å². The van der Waals surface area contributed by atoms with Gasteiger partial charge >= 0.3 is 0 Å². The predicted octanol–water partition coefficient (Wildman–Crippen LogP) is 2.30. The van der Waals surface area contributed by atoms with Crippen LogP contribution in [-0.4, -0.2) is 16.0 Å². The van der Waals surface area contributed by atoms with Crippen molar-refractivity contribution in [2.24, 2.45) is 5.92 Å². The van der Waals surface area contributed by atoms with Crippen molar-refractivity contribution >= 4 is 11.8 Å². The molecule has 1 aromatic rings. The average molecular weight is 208 g/mol. The summed E-state index contributed by atoms with van der Waals surface area (Å²) in [6.07, 6.45) is 3.99. The van der Waals surface area contributed by atoms with Crippen molar-refractivity contribution in [2.45, 2.75) is 39.7 Å². The van der Waals surface area contributed by atoms with Gasteiger partial charge in [0.15, 0.2) is 0 Å².